The van der Waals surface area contributed by atoms with Crippen LogP contribution in [0.4, 0.5) is 0 Å². The van der Waals surface area contributed by atoms with Gasteiger partial charge in [0.2, 0.25) is 0 Å². The van der Waals surface area contributed by atoms with Crippen molar-refractivity contribution in [1.82, 2.24) is 0 Å². The van der Waals surface area contributed by atoms with Crippen LogP contribution in [0.25, 0.3) is 0 Å². The fourth-order valence-corrected chi connectivity index (χ4v) is 1.84. The quantitative estimate of drug-likeness (QED) is 0.610. The van der Waals surface area contributed by atoms with Gasteiger partial charge in [0.05, 0.1) is 17.2 Å². The van der Waals surface area contributed by atoms with E-state index in [-0.39, 0.29) is 5.97 Å². The molecule has 0 saturated carbocycles. The van der Waals surface area contributed by atoms with E-state index in [9.17, 15) is 4.79 Å². The highest BCUT2D eigenvalue weighted by Crippen LogP contribution is 2.19. The number of rotatable bonds is 5. The molecule has 0 aromatic heterocycles. The average Bonchev–Trinajstić information content (AvgIpc) is 2.28. The lowest BCUT2D eigenvalue weighted by atomic mass is 10.1. The standard InChI is InChI=1S/C12H14BrClO2/c1-2-16-12(15)10-8-9(4-3-7-13)5-6-11(10)14/h5-6,8H,2-4,7H2,1H3. The lowest BCUT2D eigenvalue weighted by Crippen LogP contribution is -2.06. The molecule has 1 aromatic carbocycles. The van der Waals surface area contributed by atoms with Crippen molar-refractivity contribution < 1.29 is 9.53 Å². The molecule has 0 radical (unpaired) electrons. The maximum Gasteiger partial charge on any atom is 0.339 e. The van der Waals surface area contributed by atoms with Gasteiger partial charge in [-0.25, -0.2) is 4.79 Å². The van der Waals surface area contributed by atoms with Gasteiger partial charge in [0.25, 0.3) is 0 Å². The number of hydrogen-bond acceptors (Lipinski definition) is 2. The summed E-state index contributed by atoms with van der Waals surface area (Å²) >= 11 is 9.33. The molecule has 1 rings (SSSR count). The molecule has 0 amide bonds. The minimum Gasteiger partial charge on any atom is -0.462 e. The molecule has 0 fully saturated rings. The normalized spacial score (nSPS) is 10.2. The second kappa shape index (κ2) is 6.92. The van der Waals surface area contributed by atoms with Gasteiger partial charge in [-0.2, -0.15) is 0 Å². The second-order valence-corrected chi connectivity index (χ2v) is 4.53. The van der Waals surface area contributed by atoms with Gasteiger partial charge in [-0.1, -0.05) is 33.6 Å². The summed E-state index contributed by atoms with van der Waals surface area (Å²) in [6.07, 6.45) is 1.96. The Balaban J connectivity index is 2.85. The number of esters is 1. The van der Waals surface area contributed by atoms with E-state index in [1.807, 2.05) is 12.1 Å². The average molecular weight is 306 g/mol. The molecule has 0 bridgehead atoms. The largest absolute Gasteiger partial charge is 0.462 e. The molecule has 0 aliphatic rings. The van der Waals surface area contributed by atoms with E-state index in [1.54, 1.807) is 13.0 Å². The number of hydrogen-bond donors (Lipinski definition) is 0. The number of benzene rings is 1. The van der Waals surface area contributed by atoms with Crippen LogP contribution in [0.2, 0.25) is 5.02 Å². The van der Waals surface area contributed by atoms with Crippen LogP contribution in [0, 0.1) is 0 Å². The minimum atomic E-state index is -0.354. The summed E-state index contributed by atoms with van der Waals surface area (Å²) in [6, 6.07) is 5.49. The van der Waals surface area contributed by atoms with E-state index in [4.69, 9.17) is 16.3 Å². The maximum atomic E-state index is 11.6. The summed E-state index contributed by atoms with van der Waals surface area (Å²) < 4.78 is 4.94. The molecular weight excluding hydrogens is 291 g/mol. The zero-order valence-corrected chi connectivity index (χ0v) is 11.5. The predicted molar refractivity (Wildman–Crippen MR) is 69.5 cm³/mol. The number of ether oxygens (including phenoxy) is 1. The van der Waals surface area contributed by atoms with Crippen molar-refractivity contribution in [1.29, 1.82) is 0 Å². The Morgan fingerprint density at radius 1 is 1.50 bits per heavy atom. The van der Waals surface area contributed by atoms with E-state index in [0.717, 1.165) is 23.7 Å². The van der Waals surface area contributed by atoms with Crippen LogP contribution in [0.15, 0.2) is 18.2 Å². The summed E-state index contributed by atoms with van der Waals surface area (Å²) in [5.74, 6) is -0.354. The fraction of sp³-hybridized carbons (Fsp3) is 0.417. The Morgan fingerprint density at radius 2 is 2.25 bits per heavy atom. The fourth-order valence-electron chi connectivity index (χ4n) is 1.36. The summed E-state index contributed by atoms with van der Waals surface area (Å²) in [4.78, 5) is 11.6. The van der Waals surface area contributed by atoms with Crippen molar-refractivity contribution in [2.45, 2.75) is 19.8 Å². The van der Waals surface area contributed by atoms with Crippen molar-refractivity contribution >= 4 is 33.5 Å². The van der Waals surface area contributed by atoms with Crippen LogP contribution in [-0.4, -0.2) is 17.9 Å². The van der Waals surface area contributed by atoms with E-state index in [0.29, 0.717) is 17.2 Å². The molecule has 0 unspecified atom stereocenters. The van der Waals surface area contributed by atoms with E-state index in [2.05, 4.69) is 15.9 Å². The molecule has 0 saturated heterocycles. The first-order valence-corrected chi connectivity index (χ1v) is 6.70. The van der Waals surface area contributed by atoms with Gasteiger partial charge in [0.15, 0.2) is 0 Å². The van der Waals surface area contributed by atoms with Crippen molar-refractivity contribution in [2.75, 3.05) is 11.9 Å². The van der Waals surface area contributed by atoms with Crippen molar-refractivity contribution in [3.63, 3.8) is 0 Å². The van der Waals surface area contributed by atoms with E-state index in [1.165, 1.54) is 0 Å². The van der Waals surface area contributed by atoms with Crippen molar-refractivity contribution in [3.05, 3.63) is 34.3 Å². The first kappa shape index (κ1) is 13.5. The van der Waals surface area contributed by atoms with Gasteiger partial charge in [-0.15, -0.1) is 0 Å². The smallest absolute Gasteiger partial charge is 0.339 e. The molecule has 16 heavy (non-hydrogen) atoms. The van der Waals surface area contributed by atoms with E-state index < -0.39 is 0 Å². The molecular formula is C12H14BrClO2. The summed E-state index contributed by atoms with van der Waals surface area (Å²) in [5.41, 5.74) is 1.56. The SMILES string of the molecule is CCOC(=O)c1cc(CCCBr)ccc1Cl. The first-order chi connectivity index (χ1) is 7.69. The molecule has 2 nitrogen and oxygen atoms in total. The topological polar surface area (TPSA) is 26.3 Å². The number of alkyl halides is 1. The Bertz CT molecular complexity index is 366. The molecule has 0 heterocycles. The van der Waals surface area contributed by atoms with Crippen LogP contribution in [0.3, 0.4) is 0 Å². The van der Waals surface area contributed by atoms with Gasteiger partial charge >= 0.3 is 5.97 Å². The maximum absolute atomic E-state index is 11.6. The minimum absolute atomic E-state index is 0.354. The Labute approximate surface area is 109 Å². The number of carbonyl (C=O) groups excluding carboxylic acids is 1. The molecule has 4 heteroatoms. The summed E-state index contributed by atoms with van der Waals surface area (Å²) in [7, 11) is 0. The highest BCUT2D eigenvalue weighted by Gasteiger charge is 2.11. The number of aryl methyl sites for hydroxylation is 1. The monoisotopic (exact) mass is 304 g/mol. The van der Waals surface area contributed by atoms with Crippen molar-refractivity contribution in [3.8, 4) is 0 Å². The highest BCUT2D eigenvalue weighted by atomic mass is 79.9. The van der Waals surface area contributed by atoms with Crippen LogP contribution in [0.1, 0.15) is 29.3 Å². The Kier molecular flexibility index (Phi) is 5.85. The molecule has 0 spiro atoms. The molecule has 1 aromatic rings. The van der Waals surface area contributed by atoms with Gasteiger partial charge < -0.3 is 4.74 Å². The van der Waals surface area contributed by atoms with Crippen LogP contribution >= 0.6 is 27.5 Å². The third kappa shape index (κ3) is 3.80. The molecule has 0 atom stereocenters. The first-order valence-electron chi connectivity index (χ1n) is 5.20. The zero-order chi connectivity index (χ0) is 12.0. The van der Waals surface area contributed by atoms with Crippen LogP contribution in [0.5, 0.6) is 0 Å². The molecule has 0 N–H and O–H groups in total. The third-order valence-electron chi connectivity index (χ3n) is 2.13. The third-order valence-corrected chi connectivity index (χ3v) is 3.02. The Hall–Kier alpha value is -0.540. The lowest BCUT2D eigenvalue weighted by Gasteiger charge is -2.06. The molecule has 0 aliphatic carbocycles. The molecule has 88 valence electrons. The van der Waals surface area contributed by atoms with Gasteiger partial charge in [-0.05, 0) is 37.5 Å². The van der Waals surface area contributed by atoms with Gasteiger partial charge in [0, 0.05) is 5.33 Å². The van der Waals surface area contributed by atoms with Crippen molar-refractivity contribution in [2.24, 2.45) is 0 Å². The highest BCUT2D eigenvalue weighted by molar-refractivity contribution is 9.09. The summed E-state index contributed by atoms with van der Waals surface area (Å²) in [5, 5.41) is 1.39. The van der Waals surface area contributed by atoms with Gasteiger partial charge in [-0.3, -0.25) is 0 Å². The van der Waals surface area contributed by atoms with Crippen LogP contribution in [-0.2, 0) is 11.2 Å². The summed E-state index contributed by atoms with van der Waals surface area (Å²) in [6.45, 7) is 2.14. The predicted octanol–water partition coefficient (Wildman–Crippen LogP) is 3.84. The second-order valence-electron chi connectivity index (χ2n) is 3.33. The van der Waals surface area contributed by atoms with E-state index >= 15 is 0 Å². The molecule has 0 aliphatic heterocycles. The van der Waals surface area contributed by atoms with Crippen LogP contribution < -0.4 is 0 Å². The Morgan fingerprint density at radius 3 is 2.88 bits per heavy atom. The number of carbonyl (C=O) groups is 1. The lowest BCUT2D eigenvalue weighted by molar-refractivity contribution is 0.0526. The van der Waals surface area contributed by atoms with Gasteiger partial charge in [0.1, 0.15) is 0 Å². The number of halogens is 2. The zero-order valence-electron chi connectivity index (χ0n) is 9.13.